The van der Waals surface area contributed by atoms with E-state index in [0.29, 0.717) is 12.3 Å². The van der Waals surface area contributed by atoms with Crippen LogP contribution in [0.25, 0.3) is 0 Å². The molecule has 0 aromatic rings. The molecule has 0 aliphatic heterocycles. The van der Waals surface area contributed by atoms with Gasteiger partial charge < -0.3 is 0 Å². The van der Waals surface area contributed by atoms with E-state index in [9.17, 15) is 8.42 Å². The van der Waals surface area contributed by atoms with Crippen molar-refractivity contribution in [2.24, 2.45) is 11.1 Å². The molecule has 3 nitrogen and oxygen atoms in total. The summed E-state index contributed by atoms with van der Waals surface area (Å²) in [6, 6.07) is 0. The molecule has 1 aliphatic rings. The van der Waals surface area contributed by atoms with Gasteiger partial charge in [0.25, 0.3) is 0 Å². The van der Waals surface area contributed by atoms with Crippen LogP contribution in [-0.2, 0) is 10.0 Å². The molecule has 1 aliphatic carbocycles. The van der Waals surface area contributed by atoms with Gasteiger partial charge in [0.05, 0.1) is 4.75 Å². The molecule has 66 valence electrons. The second kappa shape index (κ2) is 2.45. The zero-order valence-electron chi connectivity index (χ0n) is 7.00. The van der Waals surface area contributed by atoms with Gasteiger partial charge in [-0.1, -0.05) is 13.8 Å². The van der Waals surface area contributed by atoms with Gasteiger partial charge in [-0.25, -0.2) is 13.6 Å². The molecular weight excluding hydrogens is 162 g/mol. The van der Waals surface area contributed by atoms with E-state index in [1.165, 1.54) is 0 Å². The standard InChI is InChI=1S/C7H15NO2S/c1-6(2)5-7(3-4-7)11(8,9)10/h6H,3-5H2,1-2H3,(H2,8,9,10). The van der Waals surface area contributed by atoms with Crippen LogP contribution >= 0.6 is 0 Å². The van der Waals surface area contributed by atoms with E-state index in [1.807, 2.05) is 13.8 Å². The molecule has 0 unspecified atom stereocenters. The zero-order chi connectivity index (χ0) is 8.70. The lowest BCUT2D eigenvalue weighted by atomic mass is 10.1. The highest BCUT2D eigenvalue weighted by Gasteiger charge is 2.52. The molecule has 0 aromatic heterocycles. The average Bonchev–Trinajstić information content (AvgIpc) is 2.42. The molecule has 4 heteroatoms. The molecule has 0 atom stereocenters. The molecule has 1 saturated carbocycles. The molecule has 0 saturated heterocycles. The number of hydrogen-bond donors (Lipinski definition) is 1. The van der Waals surface area contributed by atoms with Gasteiger partial charge in [-0.2, -0.15) is 0 Å². The summed E-state index contributed by atoms with van der Waals surface area (Å²) in [6.45, 7) is 4.04. The molecule has 0 bridgehead atoms. The van der Waals surface area contributed by atoms with Crippen molar-refractivity contribution >= 4 is 10.0 Å². The first kappa shape index (κ1) is 9.00. The zero-order valence-corrected chi connectivity index (χ0v) is 7.82. The van der Waals surface area contributed by atoms with Crippen molar-refractivity contribution in [3.8, 4) is 0 Å². The normalized spacial score (nSPS) is 22.2. The number of hydrogen-bond acceptors (Lipinski definition) is 2. The maximum atomic E-state index is 11.0. The Morgan fingerprint density at radius 1 is 1.45 bits per heavy atom. The summed E-state index contributed by atoms with van der Waals surface area (Å²) in [5, 5.41) is 5.10. The molecular formula is C7H15NO2S. The minimum absolute atomic E-state index is 0.413. The van der Waals surface area contributed by atoms with Crippen LogP contribution in [0.15, 0.2) is 0 Å². The van der Waals surface area contributed by atoms with Crippen LogP contribution < -0.4 is 5.14 Å². The Labute approximate surface area is 68.0 Å². The van der Waals surface area contributed by atoms with Gasteiger partial charge in [-0.3, -0.25) is 0 Å². The molecule has 0 aromatic carbocycles. The first-order valence-corrected chi connectivity index (χ1v) is 5.44. The second-order valence-corrected chi connectivity index (χ2v) is 5.78. The molecule has 2 N–H and O–H groups in total. The Hall–Kier alpha value is -0.0900. The molecule has 0 amide bonds. The van der Waals surface area contributed by atoms with Gasteiger partial charge in [0.1, 0.15) is 0 Å². The fourth-order valence-electron chi connectivity index (χ4n) is 1.49. The average molecular weight is 177 g/mol. The van der Waals surface area contributed by atoms with Crippen LogP contribution in [-0.4, -0.2) is 13.2 Å². The highest BCUT2D eigenvalue weighted by molar-refractivity contribution is 7.90. The first-order valence-electron chi connectivity index (χ1n) is 3.90. The summed E-state index contributed by atoms with van der Waals surface area (Å²) in [4.78, 5) is 0. The summed E-state index contributed by atoms with van der Waals surface area (Å²) < 4.78 is 21.5. The van der Waals surface area contributed by atoms with Crippen molar-refractivity contribution in [2.45, 2.75) is 37.9 Å². The van der Waals surface area contributed by atoms with Crippen molar-refractivity contribution in [3.63, 3.8) is 0 Å². The highest BCUT2D eigenvalue weighted by atomic mass is 32.2. The summed E-state index contributed by atoms with van der Waals surface area (Å²) in [5.74, 6) is 0.413. The first-order chi connectivity index (χ1) is 4.87. The maximum absolute atomic E-state index is 11.0. The smallest absolute Gasteiger partial charge is 0.214 e. The Morgan fingerprint density at radius 3 is 2.00 bits per heavy atom. The van der Waals surface area contributed by atoms with Crippen LogP contribution in [0, 0.1) is 5.92 Å². The van der Waals surface area contributed by atoms with E-state index in [-0.39, 0.29) is 0 Å². The van der Waals surface area contributed by atoms with Crippen molar-refractivity contribution in [1.29, 1.82) is 0 Å². The predicted molar refractivity (Wildman–Crippen MR) is 44.5 cm³/mol. The number of nitrogens with two attached hydrogens (primary N) is 1. The molecule has 0 heterocycles. The van der Waals surface area contributed by atoms with Crippen LogP contribution in [0.3, 0.4) is 0 Å². The summed E-state index contributed by atoms with van der Waals surface area (Å²) >= 11 is 0. The lowest BCUT2D eigenvalue weighted by Gasteiger charge is -2.14. The van der Waals surface area contributed by atoms with Crippen LogP contribution in [0.1, 0.15) is 33.1 Å². The summed E-state index contributed by atoms with van der Waals surface area (Å²) in [5.41, 5.74) is 0. The SMILES string of the molecule is CC(C)CC1(S(N)(=O)=O)CC1. The third-order valence-corrected chi connectivity index (χ3v) is 3.97. The van der Waals surface area contributed by atoms with Crippen molar-refractivity contribution in [1.82, 2.24) is 0 Å². The monoisotopic (exact) mass is 177 g/mol. The van der Waals surface area contributed by atoms with Gasteiger partial charge in [0.2, 0.25) is 10.0 Å². The predicted octanol–water partition coefficient (Wildman–Crippen LogP) is 0.854. The van der Waals surface area contributed by atoms with Crippen molar-refractivity contribution in [2.75, 3.05) is 0 Å². The van der Waals surface area contributed by atoms with Crippen LogP contribution in [0.2, 0.25) is 0 Å². The van der Waals surface area contributed by atoms with Gasteiger partial charge in [0, 0.05) is 0 Å². The van der Waals surface area contributed by atoms with Crippen molar-refractivity contribution < 1.29 is 8.42 Å². The summed E-state index contributed by atoms with van der Waals surface area (Å²) in [7, 11) is -3.29. The molecule has 1 fully saturated rings. The second-order valence-electron chi connectivity index (χ2n) is 3.83. The molecule has 0 spiro atoms. The van der Waals surface area contributed by atoms with Gasteiger partial charge in [-0.05, 0) is 25.2 Å². The minimum Gasteiger partial charge on any atom is -0.228 e. The van der Waals surface area contributed by atoms with Gasteiger partial charge in [-0.15, -0.1) is 0 Å². The Balaban J connectivity index is 2.70. The van der Waals surface area contributed by atoms with Crippen LogP contribution in [0.5, 0.6) is 0 Å². The largest absolute Gasteiger partial charge is 0.228 e. The minimum atomic E-state index is -3.29. The number of sulfonamides is 1. The number of rotatable bonds is 3. The highest BCUT2D eigenvalue weighted by Crippen LogP contribution is 2.46. The van der Waals surface area contributed by atoms with Crippen LogP contribution in [0.4, 0.5) is 0 Å². The fraction of sp³-hybridized carbons (Fsp3) is 1.00. The maximum Gasteiger partial charge on any atom is 0.214 e. The quantitative estimate of drug-likeness (QED) is 0.694. The van der Waals surface area contributed by atoms with E-state index in [2.05, 4.69) is 0 Å². The molecule has 0 radical (unpaired) electrons. The Bertz CT molecular complexity index is 239. The molecule has 1 rings (SSSR count). The lowest BCUT2D eigenvalue weighted by molar-refractivity contribution is 0.518. The fourth-order valence-corrected chi connectivity index (χ4v) is 2.72. The van der Waals surface area contributed by atoms with E-state index in [4.69, 9.17) is 5.14 Å². The van der Waals surface area contributed by atoms with E-state index < -0.39 is 14.8 Å². The van der Waals surface area contributed by atoms with E-state index >= 15 is 0 Å². The van der Waals surface area contributed by atoms with Gasteiger partial charge in [0.15, 0.2) is 0 Å². The van der Waals surface area contributed by atoms with Crippen molar-refractivity contribution in [3.05, 3.63) is 0 Å². The summed E-state index contributed by atoms with van der Waals surface area (Å²) in [6.07, 6.45) is 2.22. The third kappa shape index (κ3) is 1.73. The van der Waals surface area contributed by atoms with E-state index in [1.54, 1.807) is 0 Å². The number of primary sulfonamides is 1. The molecule has 11 heavy (non-hydrogen) atoms. The lowest BCUT2D eigenvalue weighted by Crippen LogP contribution is -2.31. The van der Waals surface area contributed by atoms with E-state index in [0.717, 1.165) is 12.8 Å². The Morgan fingerprint density at radius 2 is 1.91 bits per heavy atom. The topological polar surface area (TPSA) is 60.2 Å². The van der Waals surface area contributed by atoms with Gasteiger partial charge >= 0.3 is 0 Å². The third-order valence-electron chi connectivity index (χ3n) is 2.19. The Kier molecular flexibility index (Phi) is 2.01.